The smallest absolute Gasteiger partial charge is 0.283 e. The topological polar surface area (TPSA) is 87.3 Å². The molecule has 0 bridgehead atoms. The predicted octanol–water partition coefficient (Wildman–Crippen LogP) is 4.46. The van der Waals surface area contributed by atoms with Gasteiger partial charge in [-0.25, -0.2) is 0 Å². The molecule has 0 spiro atoms. The van der Waals surface area contributed by atoms with Crippen molar-refractivity contribution in [3.05, 3.63) is 42.0 Å². The number of ether oxygens (including phenoxy) is 2. The Morgan fingerprint density at radius 3 is 2.86 bits per heavy atom. The summed E-state index contributed by atoms with van der Waals surface area (Å²) in [4.78, 5) is 16.7. The summed E-state index contributed by atoms with van der Waals surface area (Å²) in [6, 6.07) is 5.31. The SMILES string of the molecule is C=CCOc1ccc(/C=C2/C(=N)N3N=C(CCCCC)SC3=NC2=O)cc1OC. The van der Waals surface area contributed by atoms with E-state index in [0.29, 0.717) is 28.8 Å². The number of thioether (sulfide) groups is 1. The number of unbranched alkanes of at least 4 members (excludes halogenated alkanes) is 2. The van der Waals surface area contributed by atoms with Gasteiger partial charge in [-0.2, -0.15) is 15.1 Å². The van der Waals surface area contributed by atoms with Crippen LogP contribution in [-0.4, -0.2) is 40.7 Å². The number of nitrogens with one attached hydrogen (secondary N) is 1. The molecule has 1 N–H and O–H groups in total. The van der Waals surface area contributed by atoms with Crippen LogP contribution < -0.4 is 9.47 Å². The lowest BCUT2D eigenvalue weighted by molar-refractivity contribution is -0.114. The largest absolute Gasteiger partial charge is 0.493 e. The third-order valence-electron chi connectivity index (χ3n) is 4.35. The number of methoxy groups -OCH3 is 1. The van der Waals surface area contributed by atoms with Crippen LogP contribution >= 0.6 is 11.8 Å². The molecule has 1 aromatic rings. The van der Waals surface area contributed by atoms with Gasteiger partial charge < -0.3 is 9.47 Å². The van der Waals surface area contributed by atoms with Gasteiger partial charge in [0, 0.05) is 0 Å². The second-order valence-corrected chi connectivity index (χ2v) is 7.52. The van der Waals surface area contributed by atoms with Crippen LogP contribution in [0.5, 0.6) is 11.5 Å². The minimum atomic E-state index is -0.440. The number of rotatable bonds is 9. The zero-order chi connectivity index (χ0) is 20.8. The van der Waals surface area contributed by atoms with Gasteiger partial charge in [0.25, 0.3) is 5.91 Å². The predicted molar refractivity (Wildman–Crippen MR) is 118 cm³/mol. The molecule has 2 aliphatic rings. The number of amides is 1. The lowest BCUT2D eigenvalue weighted by atomic mass is 10.1. The fourth-order valence-electron chi connectivity index (χ4n) is 2.87. The zero-order valence-corrected chi connectivity index (χ0v) is 17.4. The number of hydrogen-bond donors (Lipinski definition) is 1. The number of fused-ring (bicyclic) bond motifs is 1. The summed E-state index contributed by atoms with van der Waals surface area (Å²) in [5.74, 6) is 0.707. The number of aliphatic imine (C=N–C) groups is 1. The van der Waals surface area contributed by atoms with Gasteiger partial charge in [0.2, 0.25) is 5.17 Å². The van der Waals surface area contributed by atoms with Gasteiger partial charge in [0.05, 0.1) is 12.7 Å². The van der Waals surface area contributed by atoms with Crippen molar-refractivity contribution in [1.29, 1.82) is 5.41 Å². The summed E-state index contributed by atoms with van der Waals surface area (Å²) in [7, 11) is 1.55. The van der Waals surface area contributed by atoms with Gasteiger partial charge in [0.15, 0.2) is 17.3 Å². The molecule has 0 unspecified atom stereocenters. The Morgan fingerprint density at radius 2 is 2.14 bits per heavy atom. The Hall–Kier alpha value is -2.87. The van der Waals surface area contributed by atoms with Crippen molar-refractivity contribution in [2.45, 2.75) is 32.6 Å². The first-order valence-corrected chi connectivity index (χ1v) is 10.3. The van der Waals surface area contributed by atoms with E-state index in [2.05, 4.69) is 23.6 Å². The number of amidine groups is 2. The number of hydrazone groups is 1. The van der Waals surface area contributed by atoms with Crippen molar-refractivity contribution in [3.63, 3.8) is 0 Å². The van der Waals surface area contributed by atoms with Crippen LogP contribution in [0.25, 0.3) is 6.08 Å². The number of nitrogens with zero attached hydrogens (tertiary/aromatic N) is 3. The van der Waals surface area contributed by atoms with Crippen molar-refractivity contribution in [2.24, 2.45) is 10.1 Å². The fourth-order valence-corrected chi connectivity index (χ4v) is 3.79. The first-order valence-electron chi connectivity index (χ1n) is 9.48. The second kappa shape index (κ2) is 9.56. The highest BCUT2D eigenvalue weighted by Gasteiger charge is 2.35. The molecule has 8 heteroatoms. The molecule has 0 atom stereocenters. The molecular weight excluding hydrogens is 388 g/mol. The third kappa shape index (κ3) is 4.76. The first kappa shape index (κ1) is 20.9. The number of carbonyl (C=O) groups excluding carboxylic acids is 1. The van der Waals surface area contributed by atoms with Crippen molar-refractivity contribution in [1.82, 2.24) is 5.01 Å². The van der Waals surface area contributed by atoms with Crippen molar-refractivity contribution in [3.8, 4) is 11.5 Å². The van der Waals surface area contributed by atoms with Crippen molar-refractivity contribution < 1.29 is 14.3 Å². The molecular formula is C21H24N4O3S. The lowest BCUT2D eigenvalue weighted by Crippen LogP contribution is -2.35. The number of hydrogen-bond acceptors (Lipinski definition) is 6. The van der Waals surface area contributed by atoms with E-state index in [1.54, 1.807) is 37.5 Å². The van der Waals surface area contributed by atoms with Crippen LogP contribution in [-0.2, 0) is 4.79 Å². The standard InChI is InChI=1S/C21H24N4O3S/c1-4-6-7-8-18-24-25-19(22)15(20(26)23-21(25)29-18)12-14-9-10-16(28-11-5-2)17(13-14)27-3/h5,9-10,12-13,22H,2,4,6-8,11H2,1,3H3/b15-12-,22-19?. The average molecular weight is 413 g/mol. The van der Waals surface area contributed by atoms with E-state index in [0.717, 1.165) is 30.7 Å². The molecule has 0 saturated carbocycles. The van der Waals surface area contributed by atoms with Gasteiger partial charge in [0.1, 0.15) is 11.7 Å². The molecule has 2 aliphatic heterocycles. The van der Waals surface area contributed by atoms with E-state index in [-0.39, 0.29) is 11.4 Å². The molecule has 7 nitrogen and oxygen atoms in total. The van der Waals surface area contributed by atoms with E-state index < -0.39 is 5.91 Å². The molecule has 3 rings (SSSR count). The van der Waals surface area contributed by atoms with Crippen LogP contribution in [0.15, 0.2) is 46.5 Å². The van der Waals surface area contributed by atoms with Crippen molar-refractivity contribution in [2.75, 3.05) is 13.7 Å². The normalized spacial score (nSPS) is 17.2. The van der Waals surface area contributed by atoms with Gasteiger partial charge in [-0.3, -0.25) is 10.2 Å². The Kier molecular flexibility index (Phi) is 6.87. The maximum atomic E-state index is 12.5. The van der Waals surface area contributed by atoms with Crippen LogP contribution in [0, 0.1) is 5.41 Å². The van der Waals surface area contributed by atoms with Crippen molar-refractivity contribution >= 4 is 39.8 Å². The van der Waals surface area contributed by atoms with Gasteiger partial charge in [-0.1, -0.05) is 38.5 Å². The van der Waals surface area contributed by atoms with E-state index in [4.69, 9.17) is 14.9 Å². The molecule has 1 amide bonds. The summed E-state index contributed by atoms with van der Waals surface area (Å²) >= 11 is 1.37. The summed E-state index contributed by atoms with van der Waals surface area (Å²) in [6.07, 6.45) is 7.40. The monoisotopic (exact) mass is 412 g/mol. The quantitative estimate of drug-likeness (QED) is 0.368. The highest BCUT2D eigenvalue weighted by atomic mass is 32.2. The summed E-state index contributed by atoms with van der Waals surface area (Å²) in [5.41, 5.74) is 0.897. The van der Waals surface area contributed by atoms with Gasteiger partial charge in [-0.05, 0) is 48.4 Å². The Bertz CT molecular complexity index is 921. The highest BCUT2D eigenvalue weighted by Crippen LogP contribution is 2.32. The average Bonchev–Trinajstić information content (AvgIpc) is 3.13. The number of carbonyl (C=O) groups is 1. The maximum Gasteiger partial charge on any atom is 0.283 e. The molecule has 0 aliphatic carbocycles. The minimum absolute atomic E-state index is 0.0314. The van der Waals surface area contributed by atoms with E-state index >= 15 is 0 Å². The zero-order valence-electron chi connectivity index (χ0n) is 16.6. The molecule has 2 heterocycles. The molecule has 0 radical (unpaired) electrons. The molecule has 0 fully saturated rings. The highest BCUT2D eigenvalue weighted by molar-refractivity contribution is 8.26. The molecule has 1 aromatic carbocycles. The van der Waals surface area contributed by atoms with Crippen LogP contribution in [0.1, 0.15) is 38.2 Å². The minimum Gasteiger partial charge on any atom is -0.493 e. The van der Waals surface area contributed by atoms with E-state index in [9.17, 15) is 4.79 Å². The van der Waals surface area contributed by atoms with Gasteiger partial charge >= 0.3 is 0 Å². The van der Waals surface area contributed by atoms with Crippen LogP contribution in [0.2, 0.25) is 0 Å². The molecule has 0 aromatic heterocycles. The van der Waals surface area contributed by atoms with E-state index in [1.165, 1.54) is 16.8 Å². The maximum absolute atomic E-state index is 12.5. The first-order chi connectivity index (χ1) is 14.1. The van der Waals surface area contributed by atoms with Crippen LogP contribution in [0.4, 0.5) is 0 Å². The molecule has 152 valence electrons. The number of benzene rings is 1. The lowest BCUT2D eigenvalue weighted by Gasteiger charge is -2.20. The third-order valence-corrected chi connectivity index (χ3v) is 5.31. The van der Waals surface area contributed by atoms with Crippen LogP contribution in [0.3, 0.4) is 0 Å². The summed E-state index contributed by atoms with van der Waals surface area (Å²) in [5, 5.41) is 15.7. The summed E-state index contributed by atoms with van der Waals surface area (Å²) < 4.78 is 10.9. The molecule has 0 saturated heterocycles. The Balaban J connectivity index is 1.83. The van der Waals surface area contributed by atoms with Gasteiger partial charge in [-0.15, -0.1) is 0 Å². The Labute approximate surface area is 174 Å². The summed E-state index contributed by atoms with van der Waals surface area (Å²) in [6.45, 7) is 6.14. The Morgan fingerprint density at radius 1 is 1.31 bits per heavy atom. The fraction of sp³-hybridized carbons (Fsp3) is 0.333. The van der Waals surface area contributed by atoms with E-state index in [1.807, 2.05) is 0 Å². The molecule has 29 heavy (non-hydrogen) atoms. The second-order valence-electron chi connectivity index (χ2n) is 6.48.